The Morgan fingerprint density at radius 2 is 1.50 bits per heavy atom. The van der Waals surface area contributed by atoms with E-state index in [-0.39, 0.29) is 6.08 Å². The molecule has 0 radical (unpaired) electrons. The smallest absolute Gasteiger partial charge is 0.237 e. The summed E-state index contributed by atoms with van der Waals surface area (Å²) in [5.41, 5.74) is 0. The first kappa shape index (κ1) is 13.2. The van der Waals surface area contributed by atoms with E-state index < -0.39 is 30.9 Å². The second-order valence-corrected chi connectivity index (χ2v) is 2.61. The molecular weight excluding hydrogens is 217 g/mol. The Kier molecular flexibility index (Phi) is 3.96. The van der Waals surface area contributed by atoms with Crippen molar-refractivity contribution < 1.29 is 30.7 Å². The van der Waals surface area contributed by atoms with Gasteiger partial charge in [-0.3, -0.25) is 0 Å². The topological polar surface area (TPSA) is 0 Å². The molecule has 2 atom stereocenters. The number of allylic oxidation sites excluding steroid dienone is 1. The molecule has 0 N–H and O–H groups in total. The molecular formula is C7H7F7. The monoisotopic (exact) mass is 224 g/mol. The van der Waals surface area contributed by atoms with Gasteiger partial charge in [-0.1, -0.05) is 12.7 Å². The van der Waals surface area contributed by atoms with Crippen LogP contribution < -0.4 is 0 Å². The van der Waals surface area contributed by atoms with Crippen LogP contribution in [0.4, 0.5) is 30.7 Å². The maximum absolute atomic E-state index is 12.4. The molecule has 0 saturated carbocycles. The molecule has 0 aliphatic heterocycles. The number of halogens is 7. The van der Waals surface area contributed by atoms with Gasteiger partial charge in [0.25, 0.3) is 5.92 Å². The van der Waals surface area contributed by atoms with Gasteiger partial charge in [0, 0.05) is 0 Å². The van der Waals surface area contributed by atoms with Crippen molar-refractivity contribution in [3.8, 4) is 0 Å². The molecule has 84 valence electrons. The van der Waals surface area contributed by atoms with E-state index in [1.165, 1.54) is 0 Å². The highest BCUT2D eigenvalue weighted by Crippen LogP contribution is 2.35. The van der Waals surface area contributed by atoms with Crippen molar-refractivity contribution in [2.75, 3.05) is 0 Å². The molecule has 0 aliphatic carbocycles. The summed E-state index contributed by atoms with van der Waals surface area (Å²) >= 11 is 0. The van der Waals surface area contributed by atoms with Crippen LogP contribution in [-0.4, -0.2) is 24.4 Å². The predicted molar refractivity (Wildman–Crippen MR) is 35.6 cm³/mol. The van der Waals surface area contributed by atoms with Crippen LogP contribution in [0.1, 0.15) is 6.42 Å². The fraction of sp³-hybridized carbons (Fsp3) is 0.714. The molecule has 0 aromatic heterocycles. The fourth-order valence-corrected chi connectivity index (χ4v) is 0.640. The first-order chi connectivity index (χ1) is 6.11. The molecule has 0 aliphatic rings. The Morgan fingerprint density at radius 1 is 1.07 bits per heavy atom. The Bertz CT molecular complexity index is 195. The van der Waals surface area contributed by atoms with Gasteiger partial charge in [0.15, 0.2) is 6.17 Å². The Hall–Kier alpha value is -0.750. The van der Waals surface area contributed by atoms with Gasteiger partial charge in [0.2, 0.25) is 6.17 Å². The normalized spacial score (nSPS) is 17.6. The third-order valence-electron chi connectivity index (χ3n) is 1.42. The molecule has 0 nitrogen and oxygen atoms in total. The maximum atomic E-state index is 12.4. The first-order valence-corrected chi connectivity index (χ1v) is 3.46. The second kappa shape index (κ2) is 4.18. The van der Waals surface area contributed by atoms with Crippen LogP contribution in [0.3, 0.4) is 0 Å². The zero-order chi connectivity index (χ0) is 11.6. The lowest BCUT2D eigenvalue weighted by molar-refractivity contribution is -0.203. The summed E-state index contributed by atoms with van der Waals surface area (Å²) in [6, 6.07) is 0. The molecule has 0 heterocycles. The molecule has 0 bridgehead atoms. The molecule has 0 rings (SSSR count). The van der Waals surface area contributed by atoms with Gasteiger partial charge in [-0.25, -0.2) is 17.6 Å². The highest BCUT2D eigenvalue weighted by atomic mass is 19.4. The van der Waals surface area contributed by atoms with Gasteiger partial charge < -0.3 is 0 Å². The summed E-state index contributed by atoms with van der Waals surface area (Å²) in [7, 11) is 0. The predicted octanol–water partition coefficient (Wildman–Crippen LogP) is 3.44. The van der Waals surface area contributed by atoms with Crippen LogP contribution in [0.25, 0.3) is 0 Å². The van der Waals surface area contributed by atoms with Crippen molar-refractivity contribution in [3.63, 3.8) is 0 Å². The maximum Gasteiger partial charge on any atom is 0.419 e. The number of alkyl halides is 7. The summed E-state index contributed by atoms with van der Waals surface area (Å²) in [4.78, 5) is 0. The summed E-state index contributed by atoms with van der Waals surface area (Å²) in [5, 5.41) is 0. The third-order valence-corrected chi connectivity index (χ3v) is 1.42. The van der Waals surface area contributed by atoms with Gasteiger partial charge in [-0.05, 0) is 0 Å². The van der Waals surface area contributed by atoms with Gasteiger partial charge in [-0.2, -0.15) is 13.2 Å². The van der Waals surface area contributed by atoms with Crippen molar-refractivity contribution >= 4 is 0 Å². The summed E-state index contributed by atoms with van der Waals surface area (Å²) in [6.07, 6.45) is -14.2. The Balaban J connectivity index is 4.43. The van der Waals surface area contributed by atoms with Crippen LogP contribution in [-0.2, 0) is 0 Å². The third kappa shape index (κ3) is 3.55. The average Bonchev–Trinajstić information content (AvgIpc) is 2.00. The minimum atomic E-state index is -5.40. The minimum Gasteiger partial charge on any atom is -0.237 e. The van der Waals surface area contributed by atoms with E-state index in [9.17, 15) is 30.7 Å². The second-order valence-electron chi connectivity index (χ2n) is 2.61. The van der Waals surface area contributed by atoms with Gasteiger partial charge in [0.05, 0.1) is 6.42 Å². The summed E-state index contributed by atoms with van der Waals surface area (Å²) in [6.45, 7) is 2.64. The molecule has 0 saturated heterocycles. The minimum absolute atomic E-state index is 0.128. The van der Waals surface area contributed by atoms with Gasteiger partial charge in [-0.15, -0.1) is 0 Å². The van der Waals surface area contributed by atoms with Crippen molar-refractivity contribution in [3.05, 3.63) is 12.7 Å². The molecule has 0 spiro atoms. The lowest BCUT2D eigenvalue weighted by Crippen LogP contribution is -2.37. The number of rotatable bonds is 4. The first-order valence-electron chi connectivity index (χ1n) is 3.46. The zero-order valence-electron chi connectivity index (χ0n) is 6.79. The summed E-state index contributed by atoms with van der Waals surface area (Å²) < 4.78 is 83.6. The van der Waals surface area contributed by atoms with E-state index >= 15 is 0 Å². The molecule has 0 amide bonds. The standard InChI is InChI=1S/C7H7F7/c1-2-4(8)6(10,11)3-5(9)7(12,13)14/h2,4-5H,1,3H2. The summed E-state index contributed by atoms with van der Waals surface area (Å²) in [5.74, 6) is -4.39. The zero-order valence-corrected chi connectivity index (χ0v) is 6.79. The van der Waals surface area contributed by atoms with Crippen LogP contribution in [0.5, 0.6) is 0 Å². The molecule has 7 heteroatoms. The van der Waals surface area contributed by atoms with Crippen molar-refractivity contribution in [2.24, 2.45) is 0 Å². The fourth-order valence-electron chi connectivity index (χ4n) is 0.640. The quantitative estimate of drug-likeness (QED) is 0.506. The molecule has 0 fully saturated rings. The van der Waals surface area contributed by atoms with Crippen LogP contribution in [0.2, 0.25) is 0 Å². The number of hydrogen-bond donors (Lipinski definition) is 0. The Morgan fingerprint density at radius 3 is 1.79 bits per heavy atom. The van der Waals surface area contributed by atoms with E-state index in [1.807, 2.05) is 0 Å². The van der Waals surface area contributed by atoms with Crippen molar-refractivity contribution in [1.82, 2.24) is 0 Å². The van der Waals surface area contributed by atoms with Crippen molar-refractivity contribution in [1.29, 1.82) is 0 Å². The van der Waals surface area contributed by atoms with E-state index in [1.54, 1.807) is 0 Å². The van der Waals surface area contributed by atoms with Crippen molar-refractivity contribution in [2.45, 2.75) is 30.9 Å². The van der Waals surface area contributed by atoms with E-state index in [0.717, 1.165) is 0 Å². The highest BCUT2D eigenvalue weighted by Gasteiger charge is 2.49. The van der Waals surface area contributed by atoms with Gasteiger partial charge in [0.1, 0.15) is 0 Å². The molecule has 2 unspecified atom stereocenters. The largest absolute Gasteiger partial charge is 0.419 e. The SMILES string of the molecule is C=CC(F)C(F)(F)CC(F)C(F)(F)F. The average molecular weight is 224 g/mol. The molecule has 0 aromatic rings. The van der Waals surface area contributed by atoms with Crippen LogP contribution in [0.15, 0.2) is 12.7 Å². The van der Waals surface area contributed by atoms with Crippen LogP contribution >= 0.6 is 0 Å². The molecule has 0 aromatic carbocycles. The van der Waals surface area contributed by atoms with Crippen LogP contribution in [0, 0.1) is 0 Å². The highest BCUT2D eigenvalue weighted by molar-refractivity contribution is 4.92. The van der Waals surface area contributed by atoms with E-state index in [4.69, 9.17) is 0 Å². The number of hydrogen-bond acceptors (Lipinski definition) is 0. The Labute approximate surface area is 75.4 Å². The molecule has 14 heavy (non-hydrogen) atoms. The van der Waals surface area contributed by atoms with E-state index in [2.05, 4.69) is 6.58 Å². The lowest BCUT2D eigenvalue weighted by Gasteiger charge is -2.21. The van der Waals surface area contributed by atoms with Gasteiger partial charge >= 0.3 is 6.18 Å². The lowest BCUT2D eigenvalue weighted by atomic mass is 10.1. The van der Waals surface area contributed by atoms with E-state index in [0.29, 0.717) is 0 Å².